The summed E-state index contributed by atoms with van der Waals surface area (Å²) in [6.07, 6.45) is 0. The Morgan fingerprint density at radius 1 is 1.33 bits per heavy atom. The number of nitriles is 1. The molecule has 2 aromatic rings. The minimum atomic E-state index is 0.130. The van der Waals surface area contributed by atoms with Crippen molar-refractivity contribution in [1.82, 2.24) is 4.98 Å². The molecule has 0 saturated heterocycles. The van der Waals surface area contributed by atoms with E-state index in [9.17, 15) is 5.26 Å². The van der Waals surface area contributed by atoms with Crippen LogP contribution in [0.15, 0.2) is 30.3 Å². The molecule has 1 aromatic heterocycles. The van der Waals surface area contributed by atoms with Gasteiger partial charge in [0, 0.05) is 12.0 Å². The number of nitrogens with zero attached hydrogens (tertiary/aromatic N) is 2. The summed E-state index contributed by atoms with van der Waals surface area (Å²) in [4.78, 5) is 4.59. The Morgan fingerprint density at radius 2 is 2.10 bits per heavy atom. The molecule has 0 radical (unpaired) electrons. The van der Waals surface area contributed by atoms with E-state index in [0.717, 1.165) is 10.9 Å². The summed E-state index contributed by atoms with van der Waals surface area (Å²) < 4.78 is 5.52. The molecule has 21 heavy (non-hydrogen) atoms. The third-order valence-electron chi connectivity index (χ3n) is 3.47. The van der Waals surface area contributed by atoms with Crippen molar-refractivity contribution >= 4 is 16.7 Å². The summed E-state index contributed by atoms with van der Waals surface area (Å²) in [6.45, 7) is 7.52. The van der Waals surface area contributed by atoms with E-state index in [4.69, 9.17) is 4.74 Å². The van der Waals surface area contributed by atoms with Crippen molar-refractivity contribution in [3.8, 4) is 6.07 Å². The van der Waals surface area contributed by atoms with Crippen LogP contribution in [0.3, 0.4) is 0 Å². The monoisotopic (exact) mass is 283 g/mol. The third-order valence-corrected chi connectivity index (χ3v) is 3.47. The number of para-hydroxylation sites is 1. The fraction of sp³-hybridized carbons (Fsp3) is 0.412. The number of rotatable bonds is 6. The molecule has 0 spiro atoms. The minimum Gasteiger partial charge on any atom is -0.380 e. The van der Waals surface area contributed by atoms with Crippen molar-refractivity contribution in [2.45, 2.75) is 26.8 Å². The maximum atomic E-state index is 9.34. The van der Waals surface area contributed by atoms with Crippen LogP contribution in [-0.4, -0.2) is 24.2 Å². The van der Waals surface area contributed by atoms with E-state index in [0.29, 0.717) is 30.5 Å². The lowest BCUT2D eigenvalue weighted by Gasteiger charge is -2.23. The molecule has 0 aliphatic heterocycles. The first kappa shape index (κ1) is 15.3. The predicted octanol–water partition coefficient (Wildman–Crippen LogP) is 3.58. The average molecular weight is 283 g/mol. The van der Waals surface area contributed by atoms with Crippen LogP contribution in [0, 0.1) is 17.2 Å². The normalized spacial score (nSPS) is 12.3. The molecule has 2 rings (SSSR count). The van der Waals surface area contributed by atoms with E-state index in [1.165, 1.54) is 0 Å². The second kappa shape index (κ2) is 7.05. The molecule has 4 heteroatoms. The average Bonchev–Trinajstić information content (AvgIpc) is 2.50. The number of hydrogen-bond acceptors (Lipinski definition) is 4. The standard InChI is InChI=1S/C17H21N3O/c1-4-21-11-16(12(2)3)20-17-14(10-18)9-13-7-5-6-8-15(13)19-17/h5-9,12,16H,4,11H2,1-3H3,(H,19,20). The summed E-state index contributed by atoms with van der Waals surface area (Å²) in [6, 6.07) is 12.0. The van der Waals surface area contributed by atoms with Gasteiger partial charge in [0.15, 0.2) is 0 Å². The predicted molar refractivity (Wildman–Crippen MR) is 85.2 cm³/mol. The van der Waals surface area contributed by atoms with E-state index in [1.54, 1.807) is 0 Å². The molecule has 0 bridgehead atoms. The smallest absolute Gasteiger partial charge is 0.144 e. The van der Waals surface area contributed by atoms with Crippen molar-refractivity contribution in [2.24, 2.45) is 5.92 Å². The zero-order chi connectivity index (χ0) is 15.2. The Labute approximate surface area is 125 Å². The van der Waals surface area contributed by atoms with Gasteiger partial charge in [0.05, 0.1) is 23.7 Å². The molecule has 1 unspecified atom stereocenters. The first-order valence-corrected chi connectivity index (χ1v) is 7.29. The van der Waals surface area contributed by atoms with Crippen molar-refractivity contribution < 1.29 is 4.74 Å². The lowest BCUT2D eigenvalue weighted by Crippen LogP contribution is -2.31. The van der Waals surface area contributed by atoms with Crippen LogP contribution in [0.1, 0.15) is 26.3 Å². The highest BCUT2D eigenvalue weighted by atomic mass is 16.5. The number of pyridine rings is 1. The minimum absolute atomic E-state index is 0.130. The highest BCUT2D eigenvalue weighted by Crippen LogP contribution is 2.21. The Morgan fingerprint density at radius 3 is 2.76 bits per heavy atom. The molecule has 1 aromatic carbocycles. The quantitative estimate of drug-likeness (QED) is 0.880. The van der Waals surface area contributed by atoms with E-state index in [1.807, 2.05) is 37.3 Å². The molecular formula is C17H21N3O. The number of ether oxygens (including phenoxy) is 1. The van der Waals surface area contributed by atoms with Gasteiger partial charge in [-0.3, -0.25) is 0 Å². The van der Waals surface area contributed by atoms with E-state index in [-0.39, 0.29) is 6.04 Å². The SMILES string of the molecule is CCOCC(Nc1nc2ccccc2cc1C#N)C(C)C. The molecule has 0 fully saturated rings. The van der Waals surface area contributed by atoms with Gasteiger partial charge in [-0.15, -0.1) is 0 Å². The number of nitrogens with one attached hydrogen (secondary N) is 1. The van der Waals surface area contributed by atoms with Gasteiger partial charge in [0.1, 0.15) is 11.9 Å². The number of hydrogen-bond donors (Lipinski definition) is 1. The lowest BCUT2D eigenvalue weighted by atomic mass is 10.0. The fourth-order valence-electron chi connectivity index (χ4n) is 2.13. The van der Waals surface area contributed by atoms with Crippen LogP contribution < -0.4 is 5.32 Å². The fourth-order valence-corrected chi connectivity index (χ4v) is 2.13. The topological polar surface area (TPSA) is 57.9 Å². The van der Waals surface area contributed by atoms with Crippen LogP contribution in [-0.2, 0) is 4.74 Å². The molecule has 1 heterocycles. The van der Waals surface area contributed by atoms with E-state index >= 15 is 0 Å². The van der Waals surface area contributed by atoms with Gasteiger partial charge >= 0.3 is 0 Å². The molecule has 0 amide bonds. The first-order valence-electron chi connectivity index (χ1n) is 7.29. The number of aromatic nitrogens is 1. The molecule has 0 aliphatic carbocycles. The maximum absolute atomic E-state index is 9.34. The van der Waals surface area contributed by atoms with Gasteiger partial charge in [0.25, 0.3) is 0 Å². The van der Waals surface area contributed by atoms with Crippen molar-refractivity contribution in [2.75, 3.05) is 18.5 Å². The molecule has 1 atom stereocenters. The zero-order valence-electron chi connectivity index (χ0n) is 12.8. The van der Waals surface area contributed by atoms with Crippen LogP contribution >= 0.6 is 0 Å². The number of benzene rings is 1. The Kier molecular flexibility index (Phi) is 5.13. The second-order valence-corrected chi connectivity index (χ2v) is 5.34. The molecule has 110 valence electrons. The van der Waals surface area contributed by atoms with E-state index < -0.39 is 0 Å². The highest BCUT2D eigenvalue weighted by molar-refractivity contribution is 5.82. The summed E-state index contributed by atoms with van der Waals surface area (Å²) in [5.41, 5.74) is 1.45. The Bertz CT molecular complexity index is 646. The zero-order valence-corrected chi connectivity index (χ0v) is 12.8. The summed E-state index contributed by atoms with van der Waals surface area (Å²) in [5.74, 6) is 1.02. The van der Waals surface area contributed by atoms with Crippen molar-refractivity contribution in [3.05, 3.63) is 35.9 Å². The molecule has 0 saturated carbocycles. The maximum Gasteiger partial charge on any atom is 0.144 e. The van der Waals surface area contributed by atoms with E-state index in [2.05, 4.69) is 30.2 Å². The largest absolute Gasteiger partial charge is 0.380 e. The lowest BCUT2D eigenvalue weighted by molar-refractivity contribution is 0.126. The Hall–Kier alpha value is -2.12. The first-order chi connectivity index (χ1) is 10.2. The van der Waals surface area contributed by atoms with Gasteiger partial charge in [-0.2, -0.15) is 5.26 Å². The number of fused-ring (bicyclic) bond motifs is 1. The van der Waals surface area contributed by atoms with Crippen LogP contribution in [0.4, 0.5) is 5.82 Å². The van der Waals surface area contributed by atoms with Crippen molar-refractivity contribution in [3.63, 3.8) is 0 Å². The van der Waals surface area contributed by atoms with Gasteiger partial charge in [-0.05, 0) is 25.0 Å². The van der Waals surface area contributed by atoms with Crippen LogP contribution in [0.5, 0.6) is 0 Å². The Balaban J connectivity index is 2.33. The van der Waals surface area contributed by atoms with Crippen LogP contribution in [0.25, 0.3) is 10.9 Å². The van der Waals surface area contributed by atoms with Gasteiger partial charge in [-0.25, -0.2) is 4.98 Å². The van der Waals surface area contributed by atoms with Gasteiger partial charge in [0.2, 0.25) is 0 Å². The third kappa shape index (κ3) is 3.71. The van der Waals surface area contributed by atoms with Crippen LogP contribution in [0.2, 0.25) is 0 Å². The van der Waals surface area contributed by atoms with Gasteiger partial charge in [-0.1, -0.05) is 32.0 Å². The highest BCUT2D eigenvalue weighted by Gasteiger charge is 2.16. The number of anilines is 1. The summed E-state index contributed by atoms with van der Waals surface area (Å²) >= 11 is 0. The van der Waals surface area contributed by atoms with Gasteiger partial charge < -0.3 is 10.1 Å². The molecule has 1 N–H and O–H groups in total. The second-order valence-electron chi connectivity index (χ2n) is 5.34. The summed E-state index contributed by atoms with van der Waals surface area (Å²) in [7, 11) is 0. The van der Waals surface area contributed by atoms with Crippen molar-refractivity contribution in [1.29, 1.82) is 5.26 Å². The summed E-state index contributed by atoms with van der Waals surface area (Å²) in [5, 5.41) is 13.7. The molecule has 0 aliphatic rings. The molecular weight excluding hydrogens is 262 g/mol. The molecule has 4 nitrogen and oxygen atoms in total.